The zero-order chi connectivity index (χ0) is 18.8. The summed E-state index contributed by atoms with van der Waals surface area (Å²) >= 11 is 1.12. The summed E-state index contributed by atoms with van der Waals surface area (Å²) in [4.78, 5) is 26.6. The van der Waals surface area contributed by atoms with E-state index < -0.39 is 0 Å². The maximum atomic E-state index is 12.6. The second-order valence-electron chi connectivity index (χ2n) is 6.31. The molecule has 0 spiro atoms. The average Bonchev–Trinajstić information content (AvgIpc) is 3.16. The average molecular weight is 382 g/mol. The number of carbonyl (C=O) groups excluding carboxylic acids is 2. The van der Waals surface area contributed by atoms with Crippen LogP contribution in [0.25, 0.3) is 11.0 Å². The van der Waals surface area contributed by atoms with E-state index in [4.69, 9.17) is 4.74 Å². The van der Waals surface area contributed by atoms with Gasteiger partial charge in [-0.15, -0.1) is 0 Å². The number of amides is 2. The lowest BCUT2D eigenvalue weighted by Gasteiger charge is -2.28. The number of rotatable bonds is 4. The van der Waals surface area contributed by atoms with Gasteiger partial charge in [0.2, 0.25) is 5.91 Å². The first-order chi connectivity index (χ1) is 13.2. The van der Waals surface area contributed by atoms with Gasteiger partial charge in [0.1, 0.15) is 16.8 Å². The van der Waals surface area contributed by atoms with Crippen molar-refractivity contribution in [1.29, 1.82) is 0 Å². The second-order valence-corrected chi connectivity index (χ2v) is 6.84. The lowest BCUT2D eigenvalue weighted by molar-refractivity contribution is -0.119. The fraction of sp³-hybridized carbons (Fsp3) is 0.263. The number of carbonyl (C=O) groups is 2. The number of ether oxygens (including phenoxy) is 1. The Balaban J connectivity index is 1.60. The molecule has 2 amide bonds. The van der Waals surface area contributed by atoms with Gasteiger partial charge < -0.3 is 15.0 Å². The predicted molar refractivity (Wildman–Crippen MR) is 105 cm³/mol. The van der Waals surface area contributed by atoms with Crippen LogP contribution in [0, 0.1) is 0 Å². The molecule has 0 unspecified atom stereocenters. The van der Waals surface area contributed by atoms with Crippen molar-refractivity contribution in [2.45, 2.75) is 19.3 Å². The number of aromatic nitrogens is 2. The zero-order valence-electron chi connectivity index (χ0n) is 14.8. The van der Waals surface area contributed by atoms with E-state index in [1.165, 1.54) is 0 Å². The fourth-order valence-electron chi connectivity index (χ4n) is 3.17. The van der Waals surface area contributed by atoms with Gasteiger partial charge in [-0.25, -0.2) is 0 Å². The molecule has 3 aromatic rings. The van der Waals surface area contributed by atoms with E-state index in [0.717, 1.165) is 30.1 Å². The Morgan fingerprint density at radius 3 is 2.81 bits per heavy atom. The number of fused-ring (bicyclic) bond motifs is 1. The SMILES string of the molecule is COc1ccc(NC(=O)c2ccc3nsnc3c2)cc1N1CCCCC1=O. The highest BCUT2D eigenvalue weighted by Gasteiger charge is 2.23. The van der Waals surface area contributed by atoms with Crippen molar-refractivity contribution in [3.8, 4) is 5.75 Å². The molecule has 0 bridgehead atoms. The van der Waals surface area contributed by atoms with Gasteiger partial charge in [0.25, 0.3) is 5.91 Å². The molecule has 2 heterocycles. The molecule has 1 N–H and O–H groups in total. The van der Waals surface area contributed by atoms with Crippen LogP contribution in [0.1, 0.15) is 29.6 Å². The van der Waals surface area contributed by atoms with Crippen LogP contribution in [-0.4, -0.2) is 34.2 Å². The van der Waals surface area contributed by atoms with Crippen LogP contribution in [-0.2, 0) is 4.79 Å². The van der Waals surface area contributed by atoms with E-state index in [1.54, 1.807) is 48.4 Å². The summed E-state index contributed by atoms with van der Waals surface area (Å²) in [5.41, 5.74) is 3.25. The van der Waals surface area contributed by atoms with Crippen molar-refractivity contribution >= 4 is 46.0 Å². The third-order valence-electron chi connectivity index (χ3n) is 4.57. The molecule has 27 heavy (non-hydrogen) atoms. The largest absolute Gasteiger partial charge is 0.495 e. The van der Waals surface area contributed by atoms with E-state index >= 15 is 0 Å². The Morgan fingerprint density at radius 1 is 1.15 bits per heavy atom. The number of hydrogen-bond donors (Lipinski definition) is 1. The topological polar surface area (TPSA) is 84.4 Å². The van der Waals surface area contributed by atoms with Crippen molar-refractivity contribution in [1.82, 2.24) is 8.75 Å². The van der Waals surface area contributed by atoms with Crippen LogP contribution in [0.5, 0.6) is 5.75 Å². The summed E-state index contributed by atoms with van der Waals surface area (Å²) < 4.78 is 13.7. The quantitative estimate of drug-likeness (QED) is 0.747. The van der Waals surface area contributed by atoms with Crippen LogP contribution in [0.4, 0.5) is 11.4 Å². The highest BCUT2D eigenvalue weighted by atomic mass is 32.1. The number of anilines is 2. The molecule has 4 rings (SSSR count). The van der Waals surface area contributed by atoms with Crippen molar-refractivity contribution in [2.75, 3.05) is 23.9 Å². The van der Waals surface area contributed by atoms with E-state index in [9.17, 15) is 9.59 Å². The molecule has 1 fully saturated rings. The smallest absolute Gasteiger partial charge is 0.255 e. The molecule has 2 aromatic carbocycles. The Hall–Kier alpha value is -3.00. The maximum Gasteiger partial charge on any atom is 0.255 e. The number of hydrogen-bond acceptors (Lipinski definition) is 6. The van der Waals surface area contributed by atoms with Gasteiger partial charge in [-0.3, -0.25) is 9.59 Å². The Labute approximate surface area is 160 Å². The van der Waals surface area contributed by atoms with Crippen LogP contribution in [0.15, 0.2) is 36.4 Å². The van der Waals surface area contributed by atoms with Crippen molar-refractivity contribution in [2.24, 2.45) is 0 Å². The van der Waals surface area contributed by atoms with Crippen LogP contribution >= 0.6 is 11.7 Å². The normalized spacial score (nSPS) is 14.4. The summed E-state index contributed by atoms with van der Waals surface area (Å²) in [6.45, 7) is 0.653. The summed E-state index contributed by atoms with van der Waals surface area (Å²) in [6.07, 6.45) is 2.39. The third kappa shape index (κ3) is 3.48. The molecular weight excluding hydrogens is 364 g/mol. The lowest BCUT2D eigenvalue weighted by Crippen LogP contribution is -2.35. The van der Waals surface area contributed by atoms with Crippen LogP contribution < -0.4 is 15.0 Å². The predicted octanol–water partition coefficient (Wildman–Crippen LogP) is 3.47. The number of benzene rings is 2. The van der Waals surface area contributed by atoms with Crippen molar-refractivity contribution in [3.63, 3.8) is 0 Å². The number of piperidine rings is 1. The minimum absolute atomic E-state index is 0.0736. The second kappa shape index (κ2) is 7.32. The van der Waals surface area contributed by atoms with E-state index in [0.29, 0.717) is 41.2 Å². The van der Waals surface area contributed by atoms with Gasteiger partial charge >= 0.3 is 0 Å². The molecule has 0 saturated carbocycles. The Kier molecular flexibility index (Phi) is 4.72. The Morgan fingerprint density at radius 2 is 2.00 bits per heavy atom. The fourth-order valence-corrected chi connectivity index (χ4v) is 3.68. The molecule has 0 atom stereocenters. The molecule has 0 aliphatic carbocycles. The van der Waals surface area contributed by atoms with Crippen molar-refractivity contribution < 1.29 is 14.3 Å². The van der Waals surface area contributed by atoms with Crippen molar-refractivity contribution in [3.05, 3.63) is 42.0 Å². The minimum atomic E-state index is -0.244. The molecule has 138 valence electrons. The van der Waals surface area contributed by atoms with Gasteiger partial charge in [-0.05, 0) is 49.2 Å². The highest BCUT2D eigenvalue weighted by Crippen LogP contribution is 2.33. The monoisotopic (exact) mass is 382 g/mol. The molecule has 8 heteroatoms. The lowest BCUT2D eigenvalue weighted by atomic mass is 10.1. The first kappa shape index (κ1) is 17.4. The number of methoxy groups -OCH3 is 1. The van der Waals surface area contributed by atoms with E-state index in [1.807, 2.05) is 0 Å². The van der Waals surface area contributed by atoms with Gasteiger partial charge in [-0.1, -0.05) is 0 Å². The van der Waals surface area contributed by atoms with Gasteiger partial charge in [-0.2, -0.15) is 8.75 Å². The summed E-state index contributed by atoms with van der Waals surface area (Å²) in [7, 11) is 1.57. The molecular formula is C19H18N4O3S. The number of nitrogens with zero attached hydrogens (tertiary/aromatic N) is 3. The molecule has 1 saturated heterocycles. The maximum absolute atomic E-state index is 12.6. The van der Waals surface area contributed by atoms with Gasteiger partial charge in [0.05, 0.1) is 24.5 Å². The standard InChI is InChI=1S/C19H18N4O3S/c1-26-17-8-6-13(11-16(17)23-9-3-2-4-18(23)24)20-19(25)12-5-7-14-15(10-12)22-27-21-14/h5-8,10-11H,2-4,9H2,1H3,(H,20,25). The number of nitrogens with one attached hydrogen (secondary N) is 1. The van der Waals surface area contributed by atoms with Crippen LogP contribution in [0.2, 0.25) is 0 Å². The Bertz CT molecular complexity index is 1020. The van der Waals surface area contributed by atoms with Gasteiger partial charge in [0, 0.05) is 24.2 Å². The van der Waals surface area contributed by atoms with Gasteiger partial charge in [0.15, 0.2) is 0 Å². The molecule has 7 nitrogen and oxygen atoms in total. The van der Waals surface area contributed by atoms with E-state index in [2.05, 4.69) is 14.1 Å². The molecule has 0 radical (unpaired) electrons. The molecule has 1 aliphatic heterocycles. The summed E-state index contributed by atoms with van der Waals surface area (Å²) in [6, 6.07) is 10.5. The highest BCUT2D eigenvalue weighted by molar-refractivity contribution is 7.00. The molecule has 1 aromatic heterocycles. The first-order valence-electron chi connectivity index (χ1n) is 8.68. The zero-order valence-corrected chi connectivity index (χ0v) is 15.6. The van der Waals surface area contributed by atoms with E-state index in [-0.39, 0.29) is 11.8 Å². The molecule has 1 aliphatic rings. The first-order valence-corrected chi connectivity index (χ1v) is 9.41. The summed E-state index contributed by atoms with van der Waals surface area (Å²) in [5, 5.41) is 2.88. The third-order valence-corrected chi connectivity index (χ3v) is 5.12. The summed E-state index contributed by atoms with van der Waals surface area (Å²) in [5.74, 6) is 0.439. The minimum Gasteiger partial charge on any atom is -0.495 e. The van der Waals surface area contributed by atoms with Crippen LogP contribution in [0.3, 0.4) is 0 Å².